The van der Waals surface area contributed by atoms with Gasteiger partial charge in [-0.3, -0.25) is 4.90 Å². The van der Waals surface area contributed by atoms with E-state index in [9.17, 15) is 8.42 Å². The number of hydrogen-bond acceptors (Lipinski definition) is 5. The first-order valence-electron chi connectivity index (χ1n) is 10.4. The van der Waals surface area contributed by atoms with Crippen molar-refractivity contribution in [1.82, 2.24) is 9.88 Å². The first-order valence-corrected chi connectivity index (χ1v) is 12.9. The lowest BCUT2D eigenvalue weighted by molar-refractivity contribution is 0.268. The molecule has 1 N–H and O–H groups in total. The van der Waals surface area contributed by atoms with Crippen molar-refractivity contribution in [2.75, 3.05) is 26.5 Å². The minimum absolute atomic E-state index is 0.0397. The Morgan fingerprint density at radius 2 is 1.69 bits per heavy atom. The Balaban J connectivity index is 1.85. The fourth-order valence-electron chi connectivity index (χ4n) is 3.52. The second kappa shape index (κ2) is 10.6. The van der Waals surface area contributed by atoms with Crippen LogP contribution >= 0.6 is 15.9 Å². The number of H-pyrrole nitrogens is 1. The van der Waals surface area contributed by atoms with Gasteiger partial charge in [0.05, 0.1) is 29.3 Å². The molecule has 0 aliphatic heterocycles. The number of benzene rings is 2. The number of aromatic nitrogens is 1. The number of sulfone groups is 1. The van der Waals surface area contributed by atoms with Crippen molar-refractivity contribution < 1.29 is 17.9 Å². The molecule has 3 aromatic rings. The minimum atomic E-state index is -3.35. The van der Waals surface area contributed by atoms with Gasteiger partial charge in [0.2, 0.25) is 0 Å². The quantitative estimate of drug-likeness (QED) is 0.393. The van der Waals surface area contributed by atoms with E-state index in [1.807, 2.05) is 24.3 Å². The molecule has 0 bridgehead atoms. The number of nitrogens with zero attached hydrogens (tertiary/aromatic N) is 1. The molecule has 0 saturated heterocycles. The summed E-state index contributed by atoms with van der Waals surface area (Å²) in [5, 5.41) is 0. The van der Waals surface area contributed by atoms with Crippen LogP contribution in [-0.4, -0.2) is 44.8 Å². The highest BCUT2D eigenvalue weighted by Crippen LogP contribution is 2.38. The molecule has 6 nitrogen and oxygen atoms in total. The summed E-state index contributed by atoms with van der Waals surface area (Å²) in [5.74, 6) is 1.48. The van der Waals surface area contributed by atoms with Crippen LogP contribution < -0.4 is 9.47 Å². The Hall–Kier alpha value is -2.29. The summed E-state index contributed by atoms with van der Waals surface area (Å²) in [5.41, 5.74) is 3.77. The molecule has 0 unspecified atom stereocenters. The molecule has 0 fully saturated rings. The normalized spacial score (nSPS) is 11.7. The second-order valence-electron chi connectivity index (χ2n) is 7.44. The lowest BCUT2D eigenvalue weighted by Crippen LogP contribution is -2.22. The van der Waals surface area contributed by atoms with Gasteiger partial charge in [-0.25, -0.2) is 8.42 Å². The van der Waals surface area contributed by atoms with Crippen molar-refractivity contribution in [3.63, 3.8) is 0 Å². The average molecular weight is 521 g/mol. The van der Waals surface area contributed by atoms with E-state index in [1.165, 1.54) is 5.56 Å². The Labute approximate surface area is 198 Å². The van der Waals surface area contributed by atoms with Crippen molar-refractivity contribution >= 4 is 25.8 Å². The Kier molecular flexibility index (Phi) is 8.03. The first-order chi connectivity index (χ1) is 15.3. The summed E-state index contributed by atoms with van der Waals surface area (Å²) >= 11 is 3.46. The Bertz CT molecular complexity index is 1160. The van der Waals surface area contributed by atoms with E-state index < -0.39 is 9.84 Å². The maximum atomic E-state index is 12.5. The highest BCUT2D eigenvalue weighted by Gasteiger charge is 2.20. The molecule has 1 heterocycles. The van der Waals surface area contributed by atoms with Crippen LogP contribution in [0.2, 0.25) is 0 Å². The van der Waals surface area contributed by atoms with Gasteiger partial charge in [-0.1, -0.05) is 26.0 Å². The number of rotatable bonds is 10. The summed E-state index contributed by atoms with van der Waals surface area (Å²) in [6.07, 6.45) is 0. The molecule has 0 amide bonds. The number of hydrogen-bond donors (Lipinski definition) is 1. The summed E-state index contributed by atoms with van der Waals surface area (Å²) in [6, 6.07) is 15.3. The number of nitrogens with one attached hydrogen (secondary N) is 1. The predicted molar refractivity (Wildman–Crippen MR) is 131 cm³/mol. The minimum Gasteiger partial charge on any atom is -0.497 e. The number of aromatic amines is 1. The smallest absolute Gasteiger partial charge is 0.178 e. The predicted octanol–water partition coefficient (Wildman–Crippen LogP) is 5.28. The van der Waals surface area contributed by atoms with Crippen molar-refractivity contribution in [3.05, 3.63) is 64.3 Å². The van der Waals surface area contributed by atoms with Crippen LogP contribution in [0, 0.1) is 0 Å². The third kappa shape index (κ3) is 5.54. The maximum Gasteiger partial charge on any atom is 0.178 e. The summed E-state index contributed by atoms with van der Waals surface area (Å²) in [6.45, 7) is 6.21. The number of halogens is 1. The van der Waals surface area contributed by atoms with Crippen LogP contribution in [0.1, 0.15) is 25.1 Å². The van der Waals surface area contributed by atoms with Crippen LogP contribution in [-0.2, 0) is 22.9 Å². The standard InChI is InChI=1S/C24H29BrN2O4S/c1-5-27(15-17-7-10-19(30-3)11-8-17)16-18-9-12-23(26-18)21-13-20(32(28,29)6-2)14-22(25)24(21)31-4/h7-14,26H,5-6,15-16H2,1-4H3. The highest BCUT2D eigenvalue weighted by molar-refractivity contribution is 9.10. The molecule has 0 aliphatic carbocycles. The van der Waals surface area contributed by atoms with Gasteiger partial charge >= 0.3 is 0 Å². The van der Waals surface area contributed by atoms with E-state index in [4.69, 9.17) is 9.47 Å². The van der Waals surface area contributed by atoms with Crippen molar-refractivity contribution in [1.29, 1.82) is 0 Å². The number of methoxy groups -OCH3 is 2. The lowest BCUT2D eigenvalue weighted by atomic mass is 10.1. The van der Waals surface area contributed by atoms with Gasteiger partial charge in [0.25, 0.3) is 0 Å². The fraction of sp³-hybridized carbons (Fsp3) is 0.333. The van der Waals surface area contributed by atoms with E-state index >= 15 is 0 Å². The average Bonchev–Trinajstić information content (AvgIpc) is 3.26. The molecule has 0 spiro atoms. The Morgan fingerprint density at radius 3 is 2.28 bits per heavy atom. The van der Waals surface area contributed by atoms with Crippen LogP contribution in [0.15, 0.2) is 57.9 Å². The third-order valence-corrected chi connectivity index (χ3v) is 7.71. The molecule has 0 saturated carbocycles. The van der Waals surface area contributed by atoms with E-state index in [0.717, 1.165) is 36.8 Å². The van der Waals surface area contributed by atoms with Gasteiger partial charge in [0.15, 0.2) is 9.84 Å². The molecule has 8 heteroatoms. The SMILES string of the molecule is CCN(Cc1ccc(OC)cc1)Cc1ccc(-c2cc(S(=O)(=O)CC)cc(Br)c2OC)[nH]1. The largest absolute Gasteiger partial charge is 0.497 e. The zero-order valence-corrected chi connectivity index (χ0v) is 21.2. The van der Waals surface area contributed by atoms with Crippen LogP contribution in [0.3, 0.4) is 0 Å². The van der Waals surface area contributed by atoms with Gasteiger partial charge in [-0.15, -0.1) is 0 Å². The summed E-state index contributed by atoms with van der Waals surface area (Å²) in [7, 11) is -0.106. The monoisotopic (exact) mass is 520 g/mol. The van der Waals surface area contributed by atoms with Crippen LogP contribution in [0.4, 0.5) is 0 Å². The molecule has 172 valence electrons. The first kappa shape index (κ1) is 24.4. The summed E-state index contributed by atoms with van der Waals surface area (Å²) < 4.78 is 36.3. The van der Waals surface area contributed by atoms with Gasteiger partial charge in [0.1, 0.15) is 11.5 Å². The molecule has 1 aromatic heterocycles. The lowest BCUT2D eigenvalue weighted by Gasteiger charge is -2.20. The van der Waals surface area contributed by atoms with Crippen molar-refractivity contribution in [2.45, 2.75) is 31.8 Å². The molecule has 32 heavy (non-hydrogen) atoms. The molecule has 0 atom stereocenters. The molecule has 2 aromatic carbocycles. The van der Waals surface area contributed by atoms with Gasteiger partial charge in [0, 0.05) is 30.0 Å². The molecule has 3 rings (SSSR count). The molecular formula is C24H29BrN2O4S. The third-order valence-electron chi connectivity index (χ3n) is 5.40. The maximum absolute atomic E-state index is 12.5. The van der Waals surface area contributed by atoms with Gasteiger partial charge in [-0.05, 0) is 64.4 Å². The van der Waals surface area contributed by atoms with Crippen LogP contribution in [0.25, 0.3) is 11.3 Å². The fourth-order valence-corrected chi connectivity index (χ4v) is 5.22. The van der Waals surface area contributed by atoms with Crippen molar-refractivity contribution in [2.24, 2.45) is 0 Å². The van der Waals surface area contributed by atoms with Crippen LogP contribution in [0.5, 0.6) is 11.5 Å². The van der Waals surface area contributed by atoms with E-state index in [-0.39, 0.29) is 10.6 Å². The topological polar surface area (TPSA) is 71.6 Å². The zero-order chi connectivity index (χ0) is 23.3. The van der Waals surface area contributed by atoms with E-state index in [1.54, 1.807) is 33.3 Å². The van der Waals surface area contributed by atoms with E-state index in [2.05, 4.69) is 44.9 Å². The Morgan fingerprint density at radius 1 is 0.969 bits per heavy atom. The summed E-state index contributed by atoms with van der Waals surface area (Å²) in [4.78, 5) is 6.03. The number of ether oxygens (including phenoxy) is 2. The molecule has 0 radical (unpaired) electrons. The van der Waals surface area contributed by atoms with E-state index in [0.29, 0.717) is 15.8 Å². The van der Waals surface area contributed by atoms with Gasteiger partial charge in [-0.2, -0.15) is 0 Å². The second-order valence-corrected chi connectivity index (χ2v) is 10.6. The molecular weight excluding hydrogens is 492 g/mol. The zero-order valence-electron chi connectivity index (χ0n) is 18.8. The molecule has 0 aliphatic rings. The highest BCUT2D eigenvalue weighted by atomic mass is 79.9. The van der Waals surface area contributed by atoms with Crippen molar-refractivity contribution in [3.8, 4) is 22.8 Å². The van der Waals surface area contributed by atoms with Gasteiger partial charge < -0.3 is 14.5 Å².